The standard InChI is InChI=1S/C43H83O12P/c1-3-5-7-9-11-13-14-15-16-17-18-19-20-21-22-23-24-25-26-28-30-32-37(44)54-36(34-52-33-31-29-27-12-10-8-6-4-2)35-53-56(50,51)55-43-41(48)39(46)38(45)40(47)42(43)49/h17-18,36,38-43,45-49H,3-16,19-35H2,1-2H3,(H,50,51)/b18-17-. The van der Waals surface area contributed by atoms with Crippen LogP contribution < -0.4 is 0 Å². The fraction of sp³-hybridized carbons (Fsp3) is 0.930. The molecule has 12 nitrogen and oxygen atoms in total. The number of esters is 1. The molecule has 6 unspecified atom stereocenters. The summed E-state index contributed by atoms with van der Waals surface area (Å²) in [5.41, 5.74) is 0. The summed E-state index contributed by atoms with van der Waals surface area (Å²) in [6, 6.07) is 0. The summed E-state index contributed by atoms with van der Waals surface area (Å²) in [4.78, 5) is 23.1. The molecule has 0 heterocycles. The van der Waals surface area contributed by atoms with Crippen molar-refractivity contribution in [2.45, 2.75) is 236 Å². The van der Waals surface area contributed by atoms with Crippen molar-refractivity contribution in [3.05, 3.63) is 12.2 Å². The highest BCUT2D eigenvalue weighted by Gasteiger charge is 2.51. The number of carbonyl (C=O) groups excluding carboxylic acids is 1. The first-order valence-corrected chi connectivity index (χ1v) is 24.0. The highest BCUT2D eigenvalue weighted by atomic mass is 31.2. The second-order valence-corrected chi connectivity index (χ2v) is 17.3. The van der Waals surface area contributed by atoms with Crippen LogP contribution in [0.3, 0.4) is 0 Å². The summed E-state index contributed by atoms with van der Waals surface area (Å²) in [7, 11) is -5.00. The lowest BCUT2D eigenvalue weighted by Gasteiger charge is -2.41. The summed E-state index contributed by atoms with van der Waals surface area (Å²) in [6.07, 6.45) is 24.5. The van der Waals surface area contributed by atoms with Gasteiger partial charge < -0.3 is 39.9 Å². The first kappa shape index (κ1) is 53.1. The van der Waals surface area contributed by atoms with E-state index in [9.17, 15) is 39.8 Å². The zero-order valence-electron chi connectivity index (χ0n) is 35.2. The van der Waals surface area contributed by atoms with Crippen LogP contribution in [0.15, 0.2) is 12.2 Å². The third-order valence-corrected chi connectivity index (χ3v) is 11.6. The Morgan fingerprint density at radius 1 is 0.554 bits per heavy atom. The molecule has 0 saturated heterocycles. The Morgan fingerprint density at radius 3 is 1.41 bits per heavy atom. The van der Waals surface area contributed by atoms with Crippen LogP contribution in [0.5, 0.6) is 0 Å². The maximum Gasteiger partial charge on any atom is 0.472 e. The van der Waals surface area contributed by atoms with Gasteiger partial charge in [0.25, 0.3) is 0 Å². The monoisotopic (exact) mass is 823 g/mol. The Kier molecular flexibility index (Phi) is 33.1. The molecule has 1 saturated carbocycles. The van der Waals surface area contributed by atoms with Gasteiger partial charge in [-0.15, -0.1) is 0 Å². The van der Waals surface area contributed by atoms with Gasteiger partial charge in [-0.3, -0.25) is 13.8 Å². The molecule has 0 aliphatic heterocycles. The van der Waals surface area contributed by atoms with E-state index in [0.29, 0.717) is 13.0 Å². The van der Waals surface area contributed by atoms with Crippen LogP contribution in [0.2, 0.25) is 0 Å². The summed E-state index contributed by atoms with van der Waals surface area (Å²) in [5, 5.41) is 50.0. The largest absolute Gasteiger partial charge is 0.472 e. The van der Waals surface area contributed by atoms with Crippen LogP contribution in [0.4, 0.5) is 0 Å². The highest BCUT2D eigenvalue weighted by Crippen LogP contribution is 2.47. The molecule has 0 aromatic heterocycles. The Balaban J connectivity index is 2.31. The van der Waals surface area contributed by atoms with Crippen molar-refractivity contribution in [2.24, 2.45) is 0 Å². The zero-order chi connectivity index (χ0) is 41.3. The molecule has 13 heteroatoms. The van der Waals surface area contributed by atoms with Crippen LogP contribution in [-0.4, -0.2) is 98.9 Å². The molecule has 1 aliphatic rings. The van der Waals surface area contributed by atoms with Gasteiger partial charge in [-0.1, -0.05) is 161 Å². The van der Waals surface area contributed by atoms with Crippen LogP contribution in [-0.2, 0) is 27.9 Å². The van der Waals surface area contributed by atoms with Gasteiger partial charge in [0.05, 0.1) is 13.2 Å². The van der Waals surface area contributed by atoms with Crippen LogP contribution in [0.1, 0.15) is 194 Å². The van der Waals surface area contributed by atoms with E-state index >= 15 is 0 Å². The minimum atomic E-state index is -5.00. The molecule has 6 N–H and O–H groups in total. The first-order chi connectivity index (χ1) is 27.0. The highest BCUT2D eigenvalue weighted by molar-refractivity contribution is 7.47. The van der Waals surface area contributed by atoms with Gasteiger partial charge in [-0.2, -0.15) is 0 Å². The molecule has 56 heavy (non-hydrogen) atoms. The maximum absolute atomic E-state index is 12.8. The van der Waals surface area contributed by atoms with Crippen molar-refractivity contribution in [2.75, 3.05) is 19.8 Å². The quantitative estimate of drug-likeness (QED) is 0.0150. The first-order valence-electron chi connectivity index (χ1n) is 22.5. The molecular weight excluding hydrogens is 739 g/mol. The lowest BCUT2D eigenvalue weighted by Crippen LogP contribution is -2.64. The van der Waals surface area contributed by atoms with E-state index in [1.807, 2.05) is 0 Å². The smallest absolute Gasteiger partial charge is 0.457 e. The Bertz CT molecular complexity index is 984. The number of phosphoric acid groups is 1. The van der Waals surface area contributed by atoms with Gasteiger partial charge in [0.15, 0.2) is 0 Å². The van der Waals surface area contributed by atoms with Crippen molar-refractivity contribution < 1.29 is 58.3 Å². The minimum absolute atomic E-state index is 0.0733. The number of allylic oxidation sites excluding steroid dienone is 2. The number of carbonyl (C=O) groups is 1. The predicted molar refractivity (Wildman–Crippen MR) is 221 cm³/mol. The van der Waals surface area contributed by atoms with Crippen molar-refractivity contribution >= 4 is 13.8 Å². The summed E-state index contributed by atoms with van der Waals surface area (Å²) >= 11 is 0. The minimum Gasteiger partial charge on any atom is -0.457 e. The number of rotatable bonds is 38. The predicted octanol–water partition coefficient (Wildman–Crippen LogP) is 8.75. The number of aliphatic hydroxyl groups is 5. The van der Waals surface area contributed by atoms with Gasteiger partial charge in [0.1, 0.15) is 42.7 Å². The fourth-order valence-corrected chi connectivity index (χ4v) is 7.97. The van der Waals surface area contributed by atoms with Crippen LogP contribution in [0.25, 0.3) is 0 Å². The molecule has 1 fully saturated rings. The van der Waals surface area contributed by atoms with E-state index in [2.05, 4.69) is 26.0 Å². The summed E-state index contributed by atoms with van der Waals surface area (Å²) in [6.45, 7) is 4.23. The number of hydrogen-bond acceptors (Lipinski definition) is 11. The molecule has 0 radical (unpaired) electrons. The molecule has 6 atom stereocenters. The van der Waals surface area contributed by atoms with E-state index in [-0.39, 0.29) is 13.0 Å². The lowest BCUT2D eigenvalue weighted by atomic mass is 9.85. The second-order valence-electron chi connectivity index (χ2n) is 15.9. The molecule has 0 bridgehead atoms. The molecule has 332 valence electrons. The summed E-state index contributed by atoms with van der Waals surface area (Å²) in [5.74, 6) is -0.479. The third-order valence-electron chi connectivity index (χ3n) is 10.6. The van der Waals surface area contributed by atoms with Crippen LogP contribution >= 0.6 is 7.82 Å². The fourth-order valence-electron chi connectivity index (χ4n) is 7.00. The number of phosphoric ester groups is 1. The Morgan fingerprint density at radius 2 is 0.946 bits per heavy atom. The van der Waals surface area contributed by atoms with E-state index in [1.165, 1.54) is 128 Å². The van der Waals surface area contributed by atoms with Crippen molar-refractivity contribution in [3.63, 3.8) is 0 Å². The maximum atomic E-state index is 12.8. The number of unbranched alkanes of at least 4 members (excludes halogenated alkanes) is 24. The normalized spacial score (nSPS) is 23.1. The molecule has 1 aliphatic carbocycles. The van der Waals surface area contributed by atoms with E-state index < -0.39 is 63.1 Å². The molecule has 0 amide bonds. The van der Waals surface area contributed by atoms with Crippen LogP contribution in [0, 0.1) is 0 Å². The van der Waals surface area contributed by atoms with Gasteiger partial charge in [0, 0.05) is 13.0 Å². The van der Waals surface area contributed by atoms with E-state index in [1.54, 1.807) is 0 Å². The SMILES string of the molecule is CCCCCCCCCC/C=C\CCCCCCCCCCCC(=O)OC(COCCCCCCCCCC)COP(=O)(O)OC1C(O)C(O)C(O)C(O)C1O. The summed E-state index contributed by atoms with van der Waals surface area (Å²) < 4.78 is 34.0. The van der Waals surface area contributed by atoms with Gasteiger partial charge in [-0.25, -0.2) is 4.57 Å². The Labute approximate surface area is 339 Å². The molecule has 0 aromatic rings. The van der Waals surface area contributed by atoms with Crippen molar-refractivity contribution in [1.29, 1.82) is 0 Å². The average molecular weight is 823 g/mol. The second kappa shape index (κ2) is 34.9. The molecule has 1 rings (SSSR count). The number of ether oxygens (including phenoxy) is 2. The number of aliphatic hydroxyl groups excluding tert-OH is 5. The van der Waals surface area contributed by atoms with Gasteiger partial charge >= 0.3 is 13.8 Å². The van der Waals surface area contributed by atoms with Crippen molar-refractivity contribution in [1.82, 2.24) is 0 Å². The van der Waals surface area contributed by atoms with Gasteiger partial charge in [0.2, 0.25) is 0 Å². The molecule has 0 aromatic carbocycles. The molecule has 0 spiro atoms. The van der Waals surface area contributed by atoms with E-state index in [4.69, 9.17) is 18.5 Å². The molecular formula is C43H83O12P. The lowest BCUT2D eigenvalue weighted by molar-refractivity contribution is -0.220. The van der Waals surface area contributed by atoms with Gasteiger partial charge in [-0.05, 0) is 38.5 Å². The average Bonchev–Trinajstić information content (AvgIpc) is 3.18. The topological polar surface area (TPSA) is 192 Å². The number of hydrogen-bond donors (Lipinski definition) is 6. The third kappa shape index (κ3) is 27.0. The zero-order valence-corrected chi connectivity index (χ0v) is 36.1. The van der Waals surface area contributed by atoms with Crippen molar-refractivity contribution in [3.8, 4) is 0 Å². The van der Waals surface area contributed by atoms with E-state index in [0.717, 1.165) is 38.5 Å². The Hall–Kier alpha value is -0.920.